The first kappa shape index (κ1) is 14.0. The summed E-state index contributed by atoms with van der Waals surface area (Å²) in [5.41, 5.74) is 1.41. The van der Waals surface area contributed by atoms with Gasteiger partial charge in [-0.1, -0.05) is 17.7 Å². The molecule has 2 N–H and O–H groups in total. The number of H-pyrrole nitrogens is 1. The van der Waals surface area contributed by atoms with Crippen molar-refractivity contribution in [3.8, 4) is 11.3 Å². The van der Waals surface area contributed by atoms with Crippen molar-refractivity contribution in [1.82, 2.24) is 15.3 Å². The van der Waals surface area contributed by atoms with E-state index in [4.69, 9.17) is 11.6 Å². The van der Waals surface area contributed by atoms with E-state index in [1.165, 1.54) is 6.07 Å². The molecular formula is C14H15ClN4O2. The van der Waals surface area contributed by atoms with E-state index >= 15 is 0 Å². The smallest absolute Gasteiger partial charge is 0.288 e. The third-order valence-electron chi connectivity index (χ3n) is 3.78. The lowest BCUT2D eigenvalue weighted by molar-refractivity contribution is -0.384. The third kappa shape index (κ3) is 2.91. The van der Waals surface area contributed by atoms with Crippen LogP contribution in [0.15, 0.2) is 24.4 Å². The van der Waals surface area contributed by atoms with Crippen LogP contribution in [-0.4, -0.2) is 28.0 Å². The number of aromatic nitrogens is 2. The molecule has 0 amide bonds. The van der Waals surface area contributed by atoms with Gasteiger partial charge in [0.2, 0.25) is 0 Å². The fourth-order valence-corrected chi connectivity index (χ4v) is 2.79. The van der Waals surface area contributed by atoms with Gasteiger partial charge in [0.25, 0.3) is 5.69 Å². The fourth-order valence-electron chi connectivity index (χ4n) is 2.61. The van der Waals surface area contributed by atoms with Gasteiger partial charge in [-0.15, -0.1) is 0 Å². The van der Waals surface area contributed by atoms with Crippen LogP contribution in [0.1, 0.15) is 24.6 Å². The molecule has 1 fully saturated rings. The second-order valence-corrected chi connectivity index (χ2v) is 5.54. The lowest BCUT2D eigenvalue weighted by Crippen LogP contribution is -2.27. The van der Waals surface area contributed by atoms with Gasteiger partial charge < -0.3 is 10.3 Å². The van der Waals surface area contributed by atoms with E-state index in [1.807, 2.05) is 0 Å². The van der Waals surface area contributed by atoms with Crippen LogP contribution in [0, 0.1) is 10.1 Å². The summed E-state index contributed by atoms with van der Waals surface area (Å²) in [6.07, 6.45) is 3.83. The molecule has 1 aliphatic heterocycles. The summed E-state index contributed by atoms with van der Waals surface area (Å²) in [5, 5.41) is 14.4. The molecular weight excluding hydrogens is 292 g/mol. The molecule has 1 aliphatic rings. The molecule has 0 unspecified atom stereocenters. The molecule has 110 valence electrons. The van der Waals surface area contributed by atoms with Crippen LogP contribution in [0.2, 0.25) is 5.02 Å². The number of halogens is 1. The quantitative estimate of drug-likeness (QED) is 0.674. The summed E-state index contributed by atoms with van der Waals surface area (Å²) in [6.45, 7) is 1.99. The first-order chi connectivity index (χ1) is 10.1. The number of nitrogens with zero attached hydrogens (tertiary/aromatic N) is 2. The van der Waals surface area contributed by atoms with Gasteiger partial charge in [-0.05, 0) is 32.0 Å². The van der Waals surface area contributed by atoms with Crippen molar-refractivity contribution in [2.24, 2.45) is 0 Å². The average Bonchev–Trinajstić information content (AvgIpc) is 2.98. The van der Waals surface area contributed by atoms with E-state index in [2.05, 4.69) is 15.3 Å². The van der Waals surface area contributed by atoms with E-state index in [0.717, 1.165) is 43.0 Å². The van der Waals surface area contributed by atoms with Crippen LogP contribution in [-0.2, 0) is 0 Å². The van der Waals surface area contributed by atoms with Crippen molar-refractivity contribution in [2.75, 3.05) is 13.1 Å². The number of imidazole rings is 1. The Kier molecular flexibility index (Phi) is 3.90. The number of nitro benzene ring substituents is 1. The van der Waals surface area contributed by atoms with Crippen LogP contribution < -0.4 is 5.32 Å². The summed E-state index contributed by atoms with van der Waals surface area (Å²) < 4.78 is 0. The lowest BCUT2D eigenvalue weighted by atomic mass is 9.98. The SMILES string of the molecule is O=[N+]([O-])c1cc(-c2cnc(C3CCNCC3)[nH]2)ccc1Cl. The summed E-state index contributed by atoms with van der Waals surface area (Å²) in [6, 6.07) is 4.77. The predicted octanol–water partition coefficient (Wildman–Crippen LogP) is 3.11. The number of aromatic amines is 1. The summed E-state index contributed by atoms with van der Waals surface area (Å²) in [4.78, 5) is 18.2. The Labute approximate surface area is 126 Å². The van der Waals surface area contributed by atoms with Gasteiger partial charge in [0.05, 0.1) is 16.8 Å². The van der Waals surface area contributed by atoms with Crippen molar-refractivity contribution in [1.29, 1.82) is 0 Å². The maximum atomic E-state index is 10.9. The molecule has 2 heterocycles. The van der Waals surface area contributed by atoms with Gasteiger partial charge >= 0.3 is 0 Å². The van der Waals surface area contributed by atoms with E-state index in [0.29, 0.717) is 5.92 Å². The number of nitrogens with one attached hydrogen (secondary N) is 2. The Morgan fingerprint density at radius 2 is 2.10 bits per heavy atom. The highest BCUT2D eigenvalue weighted by atomic mass is 35.5. The van der Waals surface area contributed by atoms with Gasteiger partial charge in [0.1, 0.15) is 10.8 Å². The summed E-state index contributed by atoms with van der Waals surface area (Å²) in [7, 11) is 0. The molecule has 0 atom stereocenters. The largest absolute Gasteiger partial charge is 0.342 e. The molecule has 3 rings (SSSR count). The first-order valence-corrected chi connectivity index (χ1v) is 7.23. The van der Waals surface area contributed by atoms with Gasteiger partial charge in [-0.2, -0.15) is 0 Å². The van der Waals surface area contributed by atoms with Crippen LogP contribution in [0.3, 0.4) is 0 Å². The molecule has 0 bridgehead atoms. The van der Waals surface area contributed by atoms with E-state index < -0.39 is 4.92 Å². The fraction of sp³-hybridized carbons (Fsp3) is 0.357. The molecule has 0 saturated carbocycles. The van der Waals surface area contributed by atoms with E-state index in [9.17, 15) is 10.1 Å². The molecule has 0 radical (unpaired) electrons. The average molecular weight is 307 g/mol. The lowest BCUT2D eigenvalue weighted by Gasteiger charge is -2.20. The Morgan fingerprint density at radius 1 is 1.33 bits per heavy atom. The van der Waals surface area contributed by atoms with Crippen molar-refractivity contribution in [2.45, 2.75) is 18.8 Å². The van der Waals surface area contributed by atoms with Crippen molar-refractivity contribution in [3.05, 3.63) is 45.4 Å². The molecule has 0 spiro atoms. The topological polar surface area (TPSA) is 83.8 Å². The molecule has 7 heteroatoms. The summed E-state index contributed by atoms with van der Waals surface area (Å²) in [5.74, 6) is 1.37. The van der Waals surface area contributed by atoms with Gasteiger partial charge in [0.15, 0.2) is 0 Å². The molecule has 1 saturated heterocycles. The minimum Gasteiger partial charge on any atom is -0.342 e. The van der Waals surface area contributed by atoms with Crippen LogP contribution >= 0.6 is 11.6 Å². The number of nitro groups is 1. The third-order valence-corrected chi connectivity index (χ3v) is 4.09. The molecule has 6 nitrogen and oxygen atoms in total. The Bertz CT molecular complexity index is 665. The van der Waals surface area contributed by atoms with Crippen LogP contribution in [0.5, 0.6) is 0 Å². The zero-order chi connectivity index (χ0) is 14.8. The van der Waals surface area contributed by atoms with Crippen molar-refractivity contribution < 1.29 is 4.92 Å². The Hall–Kier alpha value is -1.92. The first-order valence-electron chi connectivity index (χ1n) is 6.85. The number of rotatable bonds is 3. The van der Waals surface area contributed by atoms with Crippen molar-refractivity contribution >= 4 is 17.3 Å². The normalized spacial score (nSPS) is 16.0. The minimum absolute atomic E-state index is 0.0906. The zero-order valence-corrected chi connectivity index (χ0v) is 12.1. The monoisotopic (exact) mass is 306 g/mol. The molecule has 0 aliphatic carbocycles. The van der Waals surface area contributed by atoms with E-state index in [-0.39, 0.29) is 10.7 Å². The number of hydrogen-bond acceptors (Lipinski definition) is 4. The highest BCUT2D eigenvalue weighted by Gasteiger charge is 2.19. The van der Waals surface area contributed by atoms with Gasteiger partial charge in [0, 0.05) is 17.5 Å². The number of piperidine rings is 1. The minimum atomic E-state index is -0.476. The number of benzene rings is 1. The number of hydrogen-bond donors (Lipinski definition) is 2. The van der Waals surface area contributed by atoms with Gasteiger partial charge in [-0.3, -0.25) is 10.1 Å². The molecule has 1 aromatic heterocycles. The molecule has 2 aromatic rings. The van der Waals surface area contributed by atoms with Crippen LogP contribution in [0.4, 0.5) is 5.69 Å². The second-order valence-electron chi connectivity index (χ2n) is 5.13. The van der Waals surface area contributed by atoms with Crippen molar-refractivity contribution in [3.63, 3.8) is 0 Å². The Balaban J connectivity index is 1.89. The Morgan fingerprint density at radius 3 is 2.81 bits per heavy atom. The highest BCUT2D eigenvalue weighted by Crippen LogP contribution is 2.31. The summed E-state index contributed by atoms with van der Waals surface area (Å²) >= 11 is 5.83. The van der Waals surface area contributed by atoms with Crippen LogP contribution in [0.25, 0.3) is 11.3 Å². The van der Waals surface area contributed by atoms with E-state index in [1.54, 1.807) is 18.3 Å². The highest BCUT2D eigenvalue weighted by molar-refractivity contribution is 6.32. The molecule has 1 aromatic carbocycles. The molecule has 21 heavy (non-hydrogen) atoms. The second kappa shape index (κ2) is 5.83. The van der Waals surface area contributed by atoms with Gasteiger partial charge in [-0.25, -0.2) is 4.98 Å². The zero-order valence-electron chi connectivity index (χ0n) is 11.3. The maximum Gasteiger partial charge on any atom is 0.288 e. The predicted molar refractivity (Wildman–Crippen MR) is 80.5 cm³/mol. The maximum absolute atomic E-state index is 10.9. The standard InChI is InChI=1S/C14H15ClN4O2/c15-11-2-1-10(7-13(11)19(20)21)12-8-17-14(18-12)9-3-5-16-6-4-9/h1-2,7-9,16H,3-6H2,(H,17,18).